The Labute approximate surface area is 166 Å². The molecule has 0 aliphatic rings. The number of amides is 1. The van der Waals surface area contributed by atoms with Gasteiger partial charge in [-0.15, -0.1) is 0 Å². The van der Waals surface area contributed by atoms with Crippen LogP contribution < -0.4 is 0 Å². The normalized spacial score (nSPS) is 11.3. The predicted octanol–water partition coefficient (Wildman–Crippen LogP) is 4.21. The lowest BCUT2D eigenvalue weighted by Gasteiger charge is -2.24. The summed E-state index contributed by atoms with van der Waals surface area (Å²) < 4.78 is 0. The molecule has 0 saturated heterocycles. The van der Waals surface area contributed by atoms with Gasteiger partial charge in [-0.25, -0.2) is 0 Å². The maximum absolute atomic E-state index is 12.9. The third-order valence-corrected chi connectivity index (χ3v) is 4.53. The van der Waals surface area contributed by atoms with E-state index in [-0.39, 0.29) is 5.91 Å². The van der Waals surface area contributed by atoms with Crippen molar-refractivity contribution in [1.82, 2.24) is 9.80 Å². The Kier molecular flexibility index (Phi) is 7.60. The standard InChI is InChI=1S/C22H24ClN3O/c1-17(20-9-4-5-10-21(20)23)13-22(27)26(12-11-25(2)3)16-19-8-6-7-18(14-19)15-24/h4-10,13-14H,11-12,16H2,1-3H3/b17-13-. The molecule has 0 bridgehead atoms. The quantitative estimate of drug-likeness (QED) is 0.675. The van der Waals surface area contributed by atoms with Crippen molar-refractivity contribution in [2.45, 2.75) is 13.5 Å². The minimum absolute atomic E-state index is 0.0726. The number of allylic oxidation sites excluding steroid dienone is 1. The fourth-order valence-electron chi connectivity index (χ4n) is 2.68. The molecule has 0 unspecified atom stereocenters. The summed E-state index contributed by atoms with van der Waals surface area (Å²) >= 11 is 6.24. The number of likely N-dealkylation sites (N-methyl/N-ethyl adjacent to an activating group) is 1. The fourth-order valence-corrected chi connectivity index (χ4v) is 2.97. The van der Waals surface area contributed by atoms with Crippen molar-refractivity contribution in [3.63, 3.8) is 0 Å². The summed E-state index contributed by atoms with van der Waals surface area (Å²) in [5.74, 6) is -0.0726. The van der Waals surface area contributed by atoms with Crippen LogP contribution in [0.3, 0.4) is 0 Å². The van der Waals surface area contributed by atoms with E-state index in [9.17, 15) is 4.79 Å². The molecule has 4 nitrogen and oxygen atoms in total. The van der Waals surface area contributed by atoms with E-state index in [1.54, 1.807) is 17.0 Å². The van der Waals surface area contributed by atoms with Gasteiger partial charge in [-0.1, -0.05) is 41.9 Å². The highest BCUT2D eigenvalue weighted by Crippen LogP contribution is 2.23. The molecule has 0 radical (unpaired) electrons. The van der Waals surface area contributed by atoms with Crippen LogP contribution in [-0.4, -0.2) is 42.9 Å². The van der Waals surface area contributed by atoms with Crippen LogP contribution in [0.4, 0.5) is 0 Å². The van der Waals surface area contributed by atoms with Crippen LogP contribution in [-0.2, 0) is 11.3 Å². The van der Waals surface area contributed by atoms with Crippen LogP contribution in [0.25, 0.3) is 5.57 Å². The molecular formula is C22H24ClN3O. The molecule has 5 heteroatoms. The van der Waals surface area contributed by atoms with Gasteiger partial charge in [-0.3, -0.25) is 4.79 Å². The largest absolute Gasteiger partial charge is 0.334 e. The summed E-state index contributed by atoms with van der Waals surface area (Å²) in [6.45, 7) is 3.69. The average molecular weight is 382 g/mol. The topological polar surface area (TPSA) is 47.3 Å². The monoisotopic (exact) mass is 381 g/mol. The van der Waals surface area contributed by atoms with E-state index >= 15 is 0 Å². The third-order valence-electron chi connectivity index (χ3n) is 4.20. The number of nitrogens with zero attached hydrogens (tertiary/aromatic N) is 3. The molecule has 27 heavy (non-hydrogen) atoms. The Morgan fingerprint density at radius 2 is 1.89 bits per heavy atom. The van der Waals surface area contributed by atoms with Crippen molar-refractivity contribution in [3.8, 4) is 6.07 Å². The molecule has 0 heterocycles. The molecular weight excluding hydrogens is 358 g/mol. The Morgan fingerprint density at radius 1 is 1.15 bits per heavy atom. The van der Waals surface area contributed by atoms with Gasteiger partial charge in [0, 0.05) is 30.7 Å². The SMILES string of the molecule is C/C(=C/C(=O)N(CCN(C)C)Cc1cccc(C#N)c1)c1ccccc1Cl. The molecule has 2 aromatic rings. The second-order valence-electron chi connectivity index (χ2n) is 6.68. The van der Waals surface area contributed by atoms with Crippen molar-refractivity contribution in [2.75, 3.05) is 27.2 Å². The summed E-state index contributed by atoms with van der Waals surface area (Å²) in [7, 11) is 3.95. The van der Waals surface area contributed by atoms with Gasteiger partial charge in [0.15, 0.2) is 0 Å². The minimum atomic E-state index is -0.0726. The zero-order chi connectivity index (χ0) is 19.8. The number of hydrogen-bond acceptors (Lipinski definition) is 3. The van der Waals surface area contributed by atoms with Crippen molar-refractivity contribution >= 4 is 23.1 Å². The zero-order valence-electron chi connectivity index (χ0n) is 15.9. The van der Waals surface area contributed by atoms with Crippen molar-refractivity contribution in [2.24, 2.45) is 0 Å². The molecule has 0 atom stereocenters. The first kappa shape index (κ1) is 20.7. The first-order chi connectivity index (χ1) is 12.9. The van der Waals surface area contributed by atoms with Gasteiger partial charge in [-0.05, 0) is 55.9 Å². The molecule has 0 spiro atoms. The Bertz CT molecular complexity index is 868. The van der Waals surface area contributed by atoms with E-state index in [2.05, 4.69) is 6.07 Å². The van der Waals surface area contributed by atoms with Gasteiger partial charge in [0.25, 0.3) is 0 Å². The zero-order valence-corrected chi connectivity index (χ0v) is 16.7. The summed E-state index contributed by atoms with van der Waals surface area (Å²) in [6.07, 6.45) is 1.63. The van der Waals surface area contributed by atoms with Crippen molar-refractivity contribution in [3.05, 3.63) is 76.3 Å². The van der Waals surface area contributed by atoms with Gasteiger partial charge >= 0.3 is 0 Å². The smallest absolute Gasteiger partial charge is 0.247 e. The van der Waals surface area contributed by atoms with E-state index in [0.29, 0.717) is 23.7 Å². The first-order valence-electron chi connectivity index (χ1n) is 8.76. The van der Waals surface area contributed by atoms with E-state index in [1.807, 2.05) is 68.4 Å². The number of carbonyl (C=O) groups is 1. The molecule has 2 rings (SSSR count). The number of nitriles is 1. The maximum atomic E-state index is 12.9. The number of carbonyl (C=O) groups excluding carboxylic acids is 1. The van der Waals surface area contributed by atoms with Gasteiger partial charge < -0.3 is 9.80 Å². The van der Waals surface area contributed by atoms with Crippen molar-refractivity contribution in [1.29, 1.82) is 5.26 Å². The van der Waals surface area contributed by atoms with Gasteiger partial charge in [-0.2, -0.15) is 5.26 Å². The molecule has 0 saturated carbocycles. The second-order valence-corrected chi connectivity index (χ2v) is 7.09. The number of hydrogen-bond donors (Lipinski definition) is 0. The highest BCUT2D eigenvalue weighted by molar-refractivity contribution is 6.32. The molecule has 0 N–H and O–H groups in total. The van der Waals surface area contributed by atoms with Crippen molar-refractivity contribution < 1.29 is 4.79 Å². The van der Waals surface area contributed by atoms with Gasteiger partial charge in [0.05, 0.1) is 11.6 Å². The second kappa shape index (κ2) is 9.91. The summed E-state index contributed by atoms with van der Waals surface area (Å²) in [5, 5.41) is 9.72. The predicted molar refractivity (Wildman–Crippen MR) is 110 cm³/mol. The molecule has 2 aromatic carbocycles. The van der Waals surface area contributed by atoms with Crippen LogP contribution in [0.5, 0.6) is 0 Å². The van der Waals surface area contributed by atoms with Crippen LogP contribution in [0.15, 0.2) is 54.6 Å². The van der Waals surface area contributed by atoms with E-state index in [4.69, 9.17) is 16.9 Å². The number of halogens is 1. The van der Waals surface area contributed by atoms with E-state index in [0.717, 1.165) is 23.2 Å². The first-order valence-corrected chi connectivity index (χ1v) is 9.14. The third kappa shape index (κ3) is 6.25. The van der Waals surface area contributed by atoms with Gasteiger partial charge in [0.2, 0.25) is 5.91 Å². The molecule has 140 valence electrons. The van der Waals surface area contributed by atoms with Gasteiger partial charge in [0.1, 0.15) is 0 Å². The Hall–Kier alpha value is -2.61. The molecule has 0 fully saturated rings. The van der Waals surface area contributed by atoms with Crippen LogP contribution in [0.2, 0.25) is 5.02 Å². The van der Waals surface area contributed by atoms with E-state index < -0.39 is 0 Å². The maximum Gasteiger partial charge on any atom is 0.247 e. The van der Waals surface area contributed by atoms with Crippen LogP contribution in [0, 0.1) is 11.3 Å². The fraction of sp³-hybridized carbons (Fsp3) is 0.273. The molecule has 1 amide bonds. The number of benzene rings is 2. The van der Waals surface area contributed by atoms with Crippen LogP contribution in [0.1, 0.15) is 23.6 Å². The minimum Gasteiger partial charge on any atom is -0.334 e. The highest BCUT2D eigenvalue weighted by Gasteiger charge is 2.14. The summed E-state index contributed by atoms with van der Waals surface area (Å²) in [6, 6.07) is 17.0. The Morgan fingerprint density at radius 3 is 2.56 bits per heavy atom. The average Bonchev–Trinajstić information content (AvgIpc) is 2.65. The molecule has 0 aromatic heterocycles. The highest BCUT2D eigenvalue weighted by atomic mass is 35.5. The lowest BCUT2D eigenvalue weighted by molar-refractivity contribution is -0.126. The number of rotatable bonds is 7. The van der Waals surface area contributed by atoms with E-state index in [1.165, 1.54) is 0 Å². The lowest BCUT2D eigenvalue weighted by Crippen LogP contribution is -2.35. The lowest BCUT2D eigenvalue weighted by atomic mass is 10.1. The summed E-state index contributed by atoms with van der Waals surface area (Å²) in [5.41, 5.74) is 3.21. The summed E-state index contributed by atoms with van der Waals surface area (Å²) in [4.78, 5) is 16.8. The van der Waals surface area contributed by atoms with Crippen LogP contribution >= 0.6 is 11.6 Å². The molecule has 0 aliphatic carbocycles. The Balaban J connectivity index is 2.24. The molecule has 0 aliphatic heterocycles.